The van der Waals surface area contributed by atoms with Crippen molar-refractivity contribution in [2.45, 2.75) is 46.2 Å². The average Bonchev–Trinajstić information content (AvgIpc) is 2.90. The van der Waals surface area contributed by atoms with E-state index in [0.29, 0.717) is 12.5 Å². The smallest absolute Gasteiger partial charge is 0.322 e. The van der Waals surface area contributed by atoms with Crippen LogP contribution in [0.3, 0.4) is 0 Å². The fourth-order valence-corrected chi connectivity index (χ4v) is 2.47. The van der Waals surface area contributed by atoms with E-state index in [1.54, 1.807) is 0 Å². The number of nitrogens with one attached hydrogen (secondary N) is 1. The molecule has 1 aromatic heterocycles. The molecule has 0 fully saturated rings. The summed E-state index contributed by atoms with van der Waals surface area (Å²) in [7, 11) is 2.00. The van der Waals surface area contributed by atoms with Gasteiger partial charge in [-0.15, -0.1) is 0 Å². The second-order valence-electron chi connectivity index (χ2n) is 6.54. The minimum Gasteiger partial charge on any atom is -0.353 e. The van der Waals surface area contributed by atoms with E-state index in [0.717, 1.165) is 11.4 Å². The summed E-state index contributed by atoms with van der Waals surface area (Å²) in [6.07, 6.45) is 2.00. The number of hydrogen-bond acceptors (Lipinski definition) is 1. The molecule has 2 rings (SSSR count). The maximum atomic E-state index is 12.6. The van der Waals surface area contributed by atoms with Gasteiger partial charge < -0.3 is 14.8 Å². The first-order valence-electron chi connectivity index (χ1n) is 8.16. The molecule has 0 aliphatic rings. The van der Waals surface area contributed by atoms with Gasteiger partial charge >= 0.3 is 6.03 Å². The Kier molecular flexibility index (Phi) is 5.48. The fourth-order valence-electron chi connectivity index (χ4n) is 2.47. The lowest BCUT2D eigenvalue weighted by Crippen LogP contribution is -2.39. The van der Waals surface area contributed by atoms with Crippen molar-refractivity contribution in [3.63, 3.8) is 0 Å². The Labute approximate surface area is 139 Å². The number of amides is 2. The largest absolute Gasteiger partial charge is 0.353 e. The van der Waals surface area contributed by atoms with E-state index in [1.165, 1.54) is 5.56 Å². The molecule has 0 aliphatic heterocycles. The Bertz CT molecular complexity index is 641. The minimum absolute atomic E-state index is 0.0708. The second-order valence-corrected chi connectivity index (χ2v) is 6.54. The molecule has 1 N–H and O–H groups in total. The van der Waals surface area contributed by atoms with Crippen LogP contribution in [0.1, 0.15) is 44.9 Å². The molecule has 4 heteroatoms. The van der Waals surface area contributed by atoms with Gasteiger partial charge in [-0.1, -0.05) is 26.0 Å². The predicted molar refractivity (Wildman–Crippen MR) is 95.6 cm³/mol. The highest BCUT2D eigenvalue weighted by atomic mass is 16.2. The van der Waals surface area contributed by atoms with Crippen molar-refractivity contribution in [1.29, 1.82) is 0 Å². The quantitative estimate of drug-likeness (QED) is 0.861. The van der Waals surface area contributed by atoms with E-state index >= 15 is 0 Å². The van der Waals surface area contributed by atoms with Crippen molar-refractivity contribution in [3.05, 3.63) is 53.9 Å². The van der Waals surface area contributed by atoms with Gasteiger partial charge in [0.05, 0.1) is 6.54 Å². The normalized spacial score (nSPS) is 11.1. The summed E-state index contributed by atoms with van der Waals surface area (Å²) < 4.78 is 2.04. The number of carbonyl (C=O) groups excluding carboxylic acids is 1. The van der Waals surface area contributed by atoms with Gasteiger partial charge in [0.1, 0.15) is 0 Å². The number of benzene rings is 1. The molecule has 0 unspecified atom stereocenters. The summed E-state index contributed by atoms with van der Waals surface area (Å²) in [6.45, 7) is 8.98. The van der Waals surface area contributed by atoms with Gasteiger partial charge in [-0.2, -0.15) is 0 Å². The van der Waals surface area contributed by atoms with Crippen LogP contribution in [0.2, 0.25) is 0 Å². The lowest BCUT2D eigenvalue weighted by molar-refractivity contribution is 0.192. The summed E-state index contributed by atoms with van der Waals surface area (Å²) in [6, 6.07) is 12.2. The second kappa shape index (κ2) is 7.36. The number of aromatic nitrogens is 1. The molecule has 0 bridgehead atoms. The molecule has 0 atom stereocenters. The molecule has 0 aliphatic carbocycles. The first-order valence-corrected chi connectivity index (χ1v) is 8.16. The SMILES string of the molecule is CC(C)c1ccc(NC(=O)N(Cc2cccn2C)C(C)C)cc1. The Hall–Kier alpha value is -2.23. The number of nitrogens with zero attached hydrogens (tertiary/aromatic N) is 2. The van der Waals surface area contributed by atoms with Gasteiger partial charge in [0.15, 0.2) is 0 Å². The topological polar surface area (TPSA) is 37.3 Å². The number of anilines is 1. The van der Waals surface area contributed by atoms with Crippen LogP contribution in [0.15, 0.2) is 42.6 Å². The van der Waals surface area contributed by atoms with Crippen molar-refractivity contribution >= 4 is 11.7 Å². The van der Waals surface area contributed by atoms with Crippen molar-refractivity contribution in [2.24, 2.45) is 7.05 Å². The van der Waals surface area contributed by atoms with E-state index in [9.17, 15) is 4.79 Å². The molecule has 2 aromatic rings. The van der Waals surface area contributed by atoms with Crippen molar-refractivity contribution in [1.82, 2.24) is 9.47 Å². The summed E-state index contributed by atoms with van der Waals surface area (Å²) in [5, 5.41) is 3.00. The van der Waals surface area contributed by atoms with Gasteiger partial charge in [-0.3, -0.25) is 0 Å². The monoisotopic (exact) mass is 313 g/mol. The zero-order valence-corrected chi connectivity index (χ0v) is 14.7. The van der Waals surface area contributed by atoms with Crippen LogP contribution in [0.5, 0.6) is 0 Å². The molecule has 23 heavy (non-hydrogen) atoms. The van der Waals surface area contributed by atoms with Crippen LogP contribution in [-0.2, 0) is 13.6 Å². The first kappa shape index (κ1) is 17.1. The lowest BCUT2D eigenvalue weighted by atomic mass is 10.0. The van der Waals surface area contributed by atoms with Crippen LogP contribution in [0, 0.1) is 0 Å². The van der Waals surface area contributed by atoms with E-state index in [2.05, 4.69) is 31.3 Å². The Morgan fingerprint density at radius 3 is 2.26 bits per heavy atom. The third-order valence-electron chi connectivity index (χ3n) is 4.10. The Morgan fingerprint density at radius 2 is 1.78 bits per heavy atom. The number of urea groups is 1. The van der Waals surface area contributed by atoms with Crippen molar-refractivity contribution in [3.8, 4) is 0 Å². The molecule has 1 aromatic carbocycles. The zero-order valence-electron chi connectivity index (χ0n) is 14.7. The maximum absolute atomic E-state index is 12.6. The van der Waals surface area contributed by atoms with Crippen molar-refractivity contribution in [2.75, 3.05) is 5.32 Å². The molecule has 0 saturated heterocycles. The summed E-state index contributed by atoms with van der Waals surface area (Å²) in [5.41, 5.74) is 3.22. The van der Waals surface area contributed by atoms with E-state index in [4.69, 9.17) is 0 Å². The van der Waals surface area contributed by atoms with E-state index in [1.807, 2.05) is 60.8 Å². The molecule has 4 nitrogen and oxygen atoms in total. The molecule has 124 valence electrons. The van der Waals surface area contributed by atoms with Gasteiger partial charge in [0.25, 0.3) is 0 Å². The third-order valence-corrected chi connectivity index (χ3v) is 4.10. The summed E-state index contributed by atoms with van der Waals surface area (Å²) in [4.78, 5) is 14.5. The molecule has 0 radical (unpaired) electrons. The Morgan fingerprint density at radius 1 is 1.13 bits per heavy atom. The van der Waals surface area contributed by atoms with Gasteiger partial charge in [-0.25, -0.2) is 4.79 Å². The van der Waals surface area contributed by atoms with Gasteiger partial charge in [-0.05, 0) is 49.6 Å². The number of rotatable bonds is 5. The van der Waals surface area contributed by atoms with E-state index < -0.39 is 0 Å². The Balaban J connectivity index is 2.07. The van der Waals surface area contributed by atoms with Crippen molar-refractivity contribution < 1.29 is 4.79 Å². The number of carbonyl (C=O) groups is 1. The van der Waals surface area contributed by atoms with Crippen LogP contribution in [-0.4, -0.2) is 21.5 Å². The maximum Gasteiger partial charge on any atom is 0.322 e. The predicted octanol–water partition coefficient (Wildman–Crippen LogP) is 4.59. The van der Waals surface area contributed by atoms with Crippen LogP contribution < -0.4 is 5.32 Å². The summed E-state index contributed by atoms with van der Waals surface area (Å²) in [5.74, 6) is 0.490. The molecule has 0 spiro atoms. The average molecular weight is 313 g/mol. The molecule has 1 heterocycles. The fraction of sp³-hybridized carbons (Fsp3) is 0.421. The highest BCUT2D eigenvalue weighted by Gasteiger charge is 2.18. The zero-order chi connectivity index (χ0) is 17.0. The summed E-state index contributed by atoms with van der Waals surface area (Å²) >= 11 is 0. The van der Waals surface area contributed by atoms with E-state index in [-0.39, 0.29) is 12.1 Å². The van der Waals surface area contributed by atoms with Gasteiger partial charge in [0.2, 0.25) is 0 Å². The molecular weight excluding hydrogens is 286 g/mol. The molecule has 0 saturated carbocycles. The molecular formula is C19H27N3O. The van der Waals surface area contributed by atoms with Crippen LogP contribution in [0.4, 0.5) is 10.5 Å². The van der Waals surface area contributed by atoms with Crippen LogP contribution >= 0.6 is 0 Å². The minimum atomic E-state index is -0.0708. The van der Waals surface area contributed by atoms with Gasteiger partial charge in [0, 0.05) is 30.7 Å². The standard InChI is InChI=1S/C19H27N3O/c1-14(2)16-8-10-17(11-9-16)20-19(23)22(15(3)4)13-18-7-6-12-21(18)5/h6-12,14-15H,13H2,1-5H3,(H,20,23). The lowest BCUT2D eigenvalue weighted by Gasteiger charge is -2.27. The highest BCUT2D eigenvalue weighted by Crippen LogP contribution is 2.18. The number of hydrogen-bond donors (Lipinski definition) is 1. The molecule has 2 amide bonds. The third kappa shape index (κ3) is 4.38. The highest BCUT2D eigenvalue weighted by molar-refractivity contribution is 5.89. The van der Waals surface area contributed by atoms with Crippen LogP contribution in [0.25, 0.3) is 0 Å². The number of aryl methyl sites for hydroxylation is 1. The first-order chi connectivity index (χ1) is 10.9.